The number of aliphatic hydroxyl groups excluding tert-OH is 1. The summed E-state index contributed by atoms with van der Waals surface area (Å²) in [6.07, 6.45) is 6.70. The van der Waals surface area contributed by atoms with E-state index < -0.39 is 0 Å². The van der Waals surface area contributed by atoms with Crippen molar-refractivity contribution in [3.05, 3.63) is 29.3 Å². The number of aromatic hydroxyl groups is 1. The zero-order chi connectivity index (χ0) is 13.4. The van der Waals surface area contributed by atoms with Crippen molar-refractivity contribution in [2.75, 3.05) is 0 Å². The number of hydrogen-bond donors (Lipinski definition) is 2. The molecule has 0 amide bonds. The van der Waals surface area contributed by atoms with Gasteiger partial charge in [0.2, 0.25) is 0 Å². The first kappa shape index (κ1) is 13.0. The number of aliphatic hydroxyl groups is 1. The Kier molecular flexibility index (Phi) is 3.53. The minimum Gasteiger partial charge on any atom is -0.508 e. The minimum atomic E-state index is -0.168. The molecule has 2 heteroatoms. The molecule has 2 aliphatic rings. The van der Waals surface area contributed by atoms with Crippen molar-refractivity contribution in [2.24, 2.45) is 17.8 Å². The average molecular weight is 260 g/mol. The lowest BCUT2D eigenvalue weighted by atomic mass is 9.73. The van der Waals surface area contributed by atoms with Crippen LogP contribution in [0.5, 0.6) is 5.75 Å². The van der Waals surface area contributed by atoms with Crippen LogP contribution in [0.4, 0.5) is 0 Å². The van der Waals surface area contributed by atoms with Crippen LogP contribution in [-0.2, 0) is 12.8 Å². The molecular weight excluding hydrogens is 236 g/mol. The molecule has 3 rings (SSSR count). The van der Waals surface area contributed by atoms with Crippen LogP contribution in [0.3, 0.4) is 0 Å². The molecule has 3 unspecified atom stereocenters. The molecule has 19 heavy (non-hydrogen) atoms. The summed E-state index contributed by atoms with van der Waals surface area (Å²) in [6, 6.07) is 5.96. The molecule has 0 spiro atoms. The molecule has 2 N–H and O–H groups in total. The first-order chi connectivity index (χ1) is 9.15. The van der Waals surface area contributed by atoms with Crippen LogP contribution in [0.25, 0.3) is 0 Å². The molecule has 2 aliphatic carbocycles. The van der Waals surface area contributed by atoms with Crippen molar-refractivity contribution in [2.45, 2.75) is 51.6 Å². The van der Waals surface area contributed by atoms with E-state index in [2.05, 4.69) is 6.07 Å². The maximum Gasteiger partial charge on any atom is 0.119 e. The third-order valence-electron chi connectivity index (χ3n) is 5.24. The van der Waals surface area contributed by atoms with Gasteiger partial charge in [0.25, 0.3) is 0 Å². The minimum absolute atomic E-state index is 0.168. The van der Waals surface area contributed by atoms with Crippen molar-refractivity contribution in [1.82, 2.24) is 0 Å². The topological polar surface area (TPSA) is 40.5 Å². The van der Waals surface area contributed by atoms with Gasteiger partial charge >= 0.3 is 0 Å². The molecule has 1 fully saturated rings. The van der Waals surface area contributed by atoms with Gasteiger partial charge in [-0.1, -0.05) is 12.1 Å². The van der Waals surface area contributed by atoms with Gasteiger partial charge in [-0.25, -0.2) is 0 Å². The summed E-state index contributed by atoms with van der Waals surface area (Å²) in [7, 11) is 0. The van der Waals surface area contributed by atoms with E-state index in [1.807, 2.05) is 19.1 Å². The van der Waals surface area contributed by atoms with Gasteiger partial charge < -0.3 is 10.2 Å². The highest BCUT2D eigenvalue weighted by Gasteiger charge is 2.39. The molecule has 2 nitrogen and oxygen atoms in total. The molecule has 0 radical (unpaired) electrons. The number of phenols is 1. The molecule has 4 atom stereocenters. The second kappa shape index (κ2) is 5.16. The summed E-state index contributed by atoms with van der Waals surface area (Å²) in [5.41, 5.74) is 2.55. The summed E-state index contributed by atoms with van der Waals surface area (Å²) >= 11 is 0. The van der Waals surface area contributed by atoms with Crippen molar-refractivity contribution >= 4 is 0 Å². The van der Waals surface area contributed by atoms with E-state index >= 15 is 0 Å². The molecule has 1 aromatic rings. The second-order valence-electron chi connectivity index (χ2n) is 6.51. The molecule has 1 saturated carbocycles. The third kappa shape index (κ3) is 2.51. The van der Waals surface area contributed by atoms with Gasteiger partial charge in [-0.05, 0) is 80.4 Å². The average Bonchev–Trinajstić information content (AvgIpc) is 2.77. The summed E-state index contributed by atoms with van der Waals surface area (Å²) in [6.45, 7) is 1.89. The van der Waals surface area contributed by atoms with Gasteiger partial charge in [0.1, 0.15) is 5.75 Å². The summed E-state index contributed by atoms with van der Waals surface area (Å²) in [5, 5.41) is 19.5. The maximum atomic E-state index is 9.99. The van der Waals surface area contributed by atoms with Gasteiger partial charge in [-0.15, -0.1) is 0 Å². The Morgan fingerprint density at radius 1 is 1.26 bits per heavy atom. The quantitative estimate of drug-likeness (QED) is 0.875. The van der Waals surface area contributed by atoms with Crippen LogP contribution < -0.4 is 0 Å². The van der Waals surface area contributed by atoms with Gasteiger partial charge in [0, 0.05) is 0 Å². The highest BCUT2D eigenvalue weighted by Crippen LogP contribution is 2.47. The highest BCUT2D eigenvalue weighted by atomic mass is 16.3. The fraction of sp³-hybridized carbons (Fsp3) is 0.647. The Labute approximate surface area is 115 Å². The molecule has 0 aliphatic heterocycles. The van der Waals surface area contributed by atoms with E-state index in [9.17, 15) is 10.2 Å². The number of hydrogen-bond acceptors (Lipinski definition) is 2. The zero-order valence-corrected chi connectivity index (χ0v) is 11.7. The SMILES string of the molecule is CC(O)CC[C@H]1CCC2Cc3c(O)cccc3CC21. The van der Waals surface area contributed by atoms with Crippen LogP contribution in [0.2, 0.25) is 0 Å². The van der Waals surface area contributed by atoms with Crippen molar-refractivity contribution < 1.29 is 10.2 Å². The standard InChI is InChI=1S/C17H24O2/c1-11(18)5-6-12-7-8-14-10-16-13(9-15(12)14)3-2-4-17(16)19/h2-4,11-12,14-15,18-19H,5-10H2,1H3/t11?,12-,14?,15?/m0/s1. The van der Waals surface area contributed by atoms with Crippen LogP contribution >= 0.6 is 0 Å². The lowest BCUT2D eigenvalue weighted by molar-refractivity contribution is 0.163. The van der Waals surface area contributed by atoms with Gasteiger partial charge in [-0.3, -0.25) is 0 Å². The lowest BCUT2D eigenvalue weighted by Gasteiger charge is -2.31. The Morgan fingerprint density at radius 3 is 2.89 bits per heavy atom. The van der Waals surface area contributed by atoms with Crippen LogP contribution in [0, 0.1) is 17.8 Å². The smallest absolute Gasteiger partial charge is 0.119 e. The van der Waals surface area contributed by atoms with Gasteiger partial charge in [-0.2, -0.15) is 0 Å². The van der Waals surface area contributed by atoms with Crippen LogP contribution in [0.1, 0.15) is 43.7 Å². The maximum absolute atomic E-state index is 9.99. The van der Waals surface area contributed by atoms with Gasteiger partial charge in [0.15, 0.2) is 0 Å². The summed E-state index contributed by atoms with van der Waals surface area (Å²) in [4.78, 5) is 0. The Balaban J connectivity index is 1.75. The molecule has 0 bridgehead atoms. The highest BCUT2D eigenvalue weighted by molar-refractivity contribution is 5.41. The van der Waals surface area contributed by atoms with Crippen LogP contribution in [-0.4, -0.2) is 16.3 Å². The zero-order valence-electron chi connectivity index (χ0n) is 11.7. The van der Waals surface area contributed by atoms with E-state index in [-0.39, 0.29) is 6.10 Å². The first-order valence-corrected chi connectivity index (χ1v) is 7.63. The third-order valence-corrected chi connectivity index (χ3v) is 5.24. The Bertz CT molecular complexity index is 453. The fourth-order valence-electron chi connectivity index (χ4n) is 4.21. The van der Waals surface area contributed by atoms with E-state index in [1.54, 1.807) is 0 Å². The molecule has 0 saturated heterocycles. The Hall–Kier alpha value is -1.02. The second-order valence-corrected chi connectivity index (χ2v) is 6.51. The van der Waals surface area contributed by atoms with E-state index in [1.165, 1.54) is 24.0 Å². The summed E-state index contributed by atoms with van der Waals surface area (Å²) < 4.78 is 0. The fourth-order valence-corrected chi connectivity index (χ4v) is 4.21. The largest absolute Gasteiger partial charge is 0.508 e. The number of fused-ring (bicyclic) bond motifs is 2. The molecule has 0 heterocycles. The monoisotopic (exact) mass is 260 g/mol. The molecule has 1 aromatic carbocycles. The number of phenolic OH excluding ortho intramolecular Hbond substituents is 1. The molecule has 104 valence electrons. The van der Waals surface area contributed by atoms with Crippen molar-refractivity contribution in [3.63, 3.8) is 0 Å². The van der Waals surface area contributed by atoms with Crippen molar-refractivity contribution in [1.29, 1.82) is 0 Å². The van der Waals surface area contributed by atoms with Gasteiger partial charge in [0.05, 0.1) is 6.10 Å². The predicted molar refractivity (Wildman–Crippen MR) is 76.1 cm³/mol. The number of benzene rings is 1. The predicted octanol–water partition coefficient (Wildman–Crippen LogP) is 3.29. The lowest BCUT2D eigenvalue weighted by Crippen LogP contribution is -2.25. The van der Waals surface area contributed by atoms with E-state index in [0.29, 0.717) is 5.75 Å². The number of rotatable bonds is 3. The van der Waals surface area contributed by atoms with Crippen molar-refractivity contribution in [3.8, 4) is 5.75 Å². The molecule has 0 aromatic heterocycles. The van der Waals surface area contributed by atoms with E-state index in [4.69, 9.17) is 0 Å². The first-order valence-electron chi connectivity index (χ1n) is 7.63. The normalized spacial score (nSPS) is 30.7. The molecular formula is C17H24O2. The Morgan fingerprint density at radius 2 is 2.11 bits per heavy atom. The summed E-state index contributed by atoms with van der Waals surface area (Å²) in [5.74, 6) is 2.78. The van der Waals surface area contributed by atoms with Crippen LogP contribution in [0.15, 0.2) is 18.2 Å². The van der Waals surface area contributed by atoms with E-state index in [0.717, 1.165) is 43.4 Å².